The number of benzene rings is 1. The highest BCUT2D eigenvalue weighted by molar-refractivity contribution is 5.77. The van der Waals surface area contributed by atoms with Crippen LogP contribution in [0.25, 0.3) is 11.2 Å². The van der Waals surface area contributed by atoms with Crippen molar-refractivity contribution in [2.45, 2.75) is 72.9 Å². The van der Waals surface area contributed by atoms with Gasteiger partial charge in [-0.15, -0.1) is 0 Å². The first-order chi connectivity index (χ1) is 15.3. The van der Waals surface area contributed by atoms with Gasteiger partial charge in [0, 0.05) is 32.4 Å². The van der Waals surface area contributed by atoms with Gasteiger partial charge in [-0.25, -0.2) is 4.79 Å². The van der Waals surface area contributed by atoms with E-state index in [-0.39, 0.29) is 11.2 Å². The van der Waals surface area contributed by atoms with E-state index in [0.717, 1.165) is 44.0 Å². The molecule has 32 heavy (non-hydrogen) atoms. The van der Waals surface area contributed by atoms with Crippen LogP contribution in [0.5, 0.6) is 0 Å². The Morgan fingerprint density at radius 2 is 1.78 bits per heavy atom. The van der Waals surface area contributed by atoms with Crippen molar-refractivity contribution in [3.8, 4) is 0 Å². The van der Waals surface area contributed by atoms with E-state index >= 15 is 0 Å². The second kappa shape index (κ2) is 8.96. The zero-order chi connectivity index (χ0) is 23.0. The molecule has 0 aliphatic carbocycles. The number of hydrogen-bond acceptors (Lipinski definition) is 4. The molecule has 0 bridgehead atoms. The summed E-state index contributed by atoms with van der Waals surface area (Å²) in [6, 6.07) is 6.40. The third-order valence-electron chi connectivity index (χ3n) is 6.73. The van der Waals surface area contributed by atoms with Crippen LogP contribution in [-0.2, 0) is 20.1 Å². The van der Waals surface area contributed by atoms with E-state index in [0.29, 0.717) is 23.6 Å². The first-order valence-corrected chi connectivity index (χ1v) is 11.9. The summed E-state index contributed by atoms with van der Waals surface area (Å²) in [5, 5.41) is 0. The maximum atomic E-state index is 13.5. The molecule has 3 heterocycles. The minimum absolute atomic E-state index is 0.216. The number of anilines is 2. The molecule has 0 spiro atoms. The molecule has 172 valence electrons. The SMILES string of the molecule is CCCCCCCn1c(=O)c2c(nc3n2CC(C)CN3c2ccc(C)c(C)c2)n(C)c1=O. The summed E-state index contributed by atoms with van der Waals surface area (Å²) in [6.07, 6.45) is 5.37. The van der Waals surface area contributed by atoms with E-state index in [1.54, 1.807) is 7.05 Å². The molecule has 1 aliphatic rings. The maximum Gasteiger partial charge on any atom is 0.332 e. The molecule has 0 amide bonds. The molecule has 0 fully saturated rings. The van der Waals surface area contributed by atoms with Gasteiger partial charge in [-0.2, -0.15) is 4.98 Å². The fourth-order valence-electron chi connectivity index (χ4n) is 4.69. The van der Waals surface area contributed by atoms with Gasteiger partial charge in [0.05, 0.1) is 0 Å². The Balaban J connectivity index is 1.81. The largest absolute Gasteiger partial charge is 0.332 e. The number of unbranched alkanes of at least 4 members (excludes halogenated alkanes) is 4. The molecule has 7 heteroatoms. The van der Waals surface area contributed by atoms with Gasteiger partial charge in [0.1, 0.15) is 0 Å². The molecule has 1 unspecified atom stereocenters. The van der Waals surface area contributed by atoms with Gasteiger partial charge in [0.25, 0.3) is 5.56 Å². The fraction of sp³-hybridized carbons (Fsp3) is 0.560. The molecule has 0 radical (unpaired) electrons. The standard InChI is InChI=1S/C25H35N5O2/c1-6-7-8-9-10-13-28-23(31)21-22(27(5)25(28)32)26-24-29(15-17(2)16-30(21)24)20-12-11-18(3)19(4)14-20/h11-12,14,17H,6-10,13,15-16H2,1-5H3. The molecule has 4 rings (SSSR count). The number of aromatic nitrogens is 4. The summed E-state index contributed by atoms with van der Waals surface area (Å²) < 4.78 is 4.97. The lowest BCUT2D eigenvalue weighted by molar-refractivity contribution is 0.457. The van der Waals surface area contributed by atoms with E-state index in [2.05, 4.69) is 50.8 Å². The fourth-order valence-corrected chi connectivity index (χ4v) is 4.69. The highest BCUT2D eigenvalue weighted by Gasteiger charge is 2.29. The van der Waals surface area contributed by atoms with Gasteiger partial charge in [-0.3, -0.25) is 13.9 Å². The predicted molar refractivity (Wildman–Crippen MR) is 130 cm³/mol. The van der Waals surface area contributed by atoms with Crippen molar-refractivity contribution in [3.05, 3.63) is 50.2 Å². The van der Waals surface area contributed by atoms with Crippen LogP contribution in [0.3, 0.4) is 0 Å². The third kappa shape index (κ3) is 3.89. The second-order valence-corrected chi connectivity index (χ2v) is 9.39. The average Bonchev–Trinajstić information content (AvgIpc) is 3.15. The van der Waals surface area contributed by atoms with Gasteiger partial charge in [0.15, 0.2) is 11.2 Å². The summed E-state index contributed by atoms with van der Waals surface area (Å²) in [4.78, 5) is 33.5. The summed E-state index contributed by atoms with van der Waals surface area (Å²) in [6.45, 7) is 10.6. The molecule has 1 aromatic carbocycles. The quantitative estimate of drug-likeness (QED) is 0.518. The van der Waals surface area contributed by atoms with E-state index in [4.69, 9.17) is 4.98 Å². The lowest BCUT2D eigenvalue weighted by Crippen LogP contribution is -2.40. The van der Waals surface area contributed by atoms with Crippen LogP contribution in [0.15, 0.2) is 27.8 Å². The van der Waals surface area contributed by atoms with Gasteiger partial charge < -0.3 is 9.47 Å². The van der Waals surface area contributed by atoms with Gasteiger partial charge in [0.2, 0.25) is 5.95 Å². The van der Waals surface area contributed by atoms with E-state index in [1.165, 1.54) is 33.1 Å². The minimum atomic E-state index is -0.279. The summed E-state index contributed by atoms with van der Waals surface area (Å²) in [5.74, 6) is 1.09. The third-order valence-corrected chi connectivity index (χ3v) is 6.73. The molecule has 0 saturated heterocycles. The van der Waals surface area contributed by atoms with Crippen LogP contribution in [0.2, 0.25) is 0 Å². The molecular weight excluding hydrogens is 402 g/mol. The van der Waals surface area contributed by atoms with Crippen molar-refractivity contribution in [2.24, 2.45) is 13.0 Å². The number of imidazole rings is 1. The van der Waals surface area contributed by atoms with Crippen LogP contribution in [0.4, 0.5) is 11.6 Å². The zero-order valence-corrected chi connectivity index (χ0v) is 20.0. The minimum Gasteiger partial charge on any atom is -0.312 e. The summed E-state index contributed by atoms with van der Waals surface area (Å²) >= 11 is 0. The topological polar surface area (TPSA) is 65.1 Å². The molecule has 1 atom stereocenters. The highest BCUT2D eigenvalue weighted by Crippen LogP contribution is 2.33. The van der Waals surface area contributed by atoms with Crippen molar-refractivity contribution in [1.29, 1.82) is 0 Å². The lowest BCUT2D eigenvalue weighted by Gasteiger charge is -2.33. The molecular formula is C25H35N5O2. The lowest BCUT2D eigenvalue weighted by atomic mass is 10.1. The van der Waals surface area contributed by atoms with Crippen molar-refractivity contribution in [3.63, 3.8) is 0 Å². The number of hydrogen-bond donors (Lipinski definition) is 0. The average molecular weight is 438 g/mol. The Hall–Kier alpha value is -2.83. The van der Waals surface area contributed by atoms with Crippen LogP contribution >= 0.6 is 0 Å². The van der Waals surface area contributed by atoms with Crippen molar-refractivity contribution in [2.75, 3.05) is 11.4 Å². The smallest absolute Gasteiger partial charge is 0.312 e. The Labute approximate surface area is 189 Å². The first-order valence-electron chi connectivity index (χ1n) is 11.9. The number of nitrogens with zero attached hydrogens (tertiary/aromatic N) is 5. The van der Waals surface area contributed by atoms with Crippen molar-refractivity contribution >= 4 is 22.8 Å². The van der Waals surface area contributed by atoms with Crippen LogP contribution in [0.1, 0.15) is 57.1 Å². The molecule has 1 aliphatic heterocycles. The summed E-state index contributed by atoms with van der Waals surface area (Å²) in [5.41, 5.74) is 4.05. The second-order valence-electron chi connectivity index (χ2n) is 9.39. The van der Waals surface area contributed by atoms with Crippen molar-refractivity contribution in [1.82, 2.24) is 18.7 Å². The van der Waals surface area contributed by atoms with Crippen LogP contribution in [-0.4, -0.2) is 25.2 Å². The molecule has 0 N–H and O–H groups in total. The summed E-state index contributed by atoms with van der Waals surface area (Å²) in [7, 11) is 1.72. The van der Waals surface area contributed by atoms with Crippen molar-refractivity contribution < 1.29 is 0 Å². The Bertz CT molecular complexity index is 1250. The van der Waals surface area contributed by atoms with Gasteiger partial charge >= 0.3 is 5.69 Å². The predicted octanol–water partition coefficient (Wildman–Crippen LogP) is 4.27. The van der Waals surface area contributed by atoms with Gasteiger partial charge in [-0.05, 0) is 49.4 Å². The number of rotatable bonds is 7. The Kier molecular flexibility index (Phi) is 6.26. The van der Waals surface area contributed by atoms with Crippen LogP contribution in [0, 0.1) is 19.8 Å². The molecule has 3 aromatic rings. The first kappa shape index (κ1) is 22.4. The Morgan fingerprint density at radius 3 is 2.50 bits per heavy atom. The maximum absolute atomic E-state index is 13.5. The molecule has 0 saturated carbocycles. The van der Waals surface area contributed by atoms with E-state index < -0.39 is 0 Å². The zero-order valence-electron chi connectivity index (χ0n) is 20.0. The van der Waals surface area contributed by atoms with E-state index in [9.17, 15) is 9.59 Å². The van der Waals surface area contributed by atoms with E-state index in [1.807, 2.05) is 4.57 Å². The monoisotopic (exact) mass is 437 g/mol. The Morgan fingerprint density at radius 1 is 1.03 bits per heavy atom. The number of aryl methyl sites for hydroxylation is 3. The van der Waals surface area contributed by atoms with Crippen LogP contribution < -0.4 is 16.1 Å². The number of fused-ring (bicyclic) bond motifs is 3. The molecule has 2 aromatic heterocycles. The van der Waals surface area contributed by atoms with Gasteiger partial charge in [-0.1, -0.05) is 45.6 Å². The molecule has 7 nitrogen and oxygen atoms in total. The normalized spacial score (nSPS) is 16.0. The highest BCUT2D eigenvalue weighted by atomic mass is 16.2.